The summed E-state index contributed by atoms with van der Waals surface area (Å²) in [6.45, 7) is 7.02. The Balaban J connectivity index is 1.99. The van der Waals surface area contributed by atoms with Gasteiger partial charge in [0.05, 0.1) is 22.8 Å². The predicted molar refractivity (Wildman–Crippen MR) is 136 cm³/mol. The SMILES string of the molecule is Cc1cc(C)c(S(=O)(=O)N(Cc2ccc(F)cc2)c2c(C)n(C)n(-c3ccccc3)c2=O)c(C)c1. The number of rotatable bonds is 6. The summed E-state index contributed by atoms with van der Waals surface area (Å²) in [4.78, 5) is 13.9. The van der Waals surface area contributed by atoms with Crippen LogP contribution in [0.2, 0.25) is 0 Å². The third-order valence-corrected chi connectivity index (χ3v) is 8.22. The average molecular weight is 494 g/mol. The Bertz CT molecular complexity index is 1530. The number of nitrogens with zero attached hydrogens (tertiary/aromatic N) is 3. The van der Waals surface area contributed by atoms with Gasteiger partial charge in [0.2, 0.25) is 0 Å². The summed E-state index contributed by atoms with van der Waals surface area (Å²) < 4.78 is 46.3. The fraction of sp³-hybridized carbons (Fsp3) is 0.222. The lowest BCUT2D eigenvalue weighted by Crippen LogP contribution is -2.35. The van der Waals surface area contributed by atoms with Crippen molar-refractivity contribution in [3.63, 3.8) is 0 Å². The van der Waals surface area contributed by atoms with Crippen LogP contribution >= 0.6 is 0 Å². The molecule has 0 unspecified atom stereocenters. The Morgan fingerprint density at radius 3 is 2.03 bits per heavy atom. The number of aryl methyl sites for hydroxylation is 3. The van der Waals surface area contributed by atoms with Gasteiger partial charge in [0.15, 0.2) is 0 Å². The average Bonchev–Trinajstić information content (AvgIpc) is 3.01. The van der Waals surface area contributed by atoms with Crippen molar-refractivity contribution in [3.05, 3.63) is 111 Å². The van der Waals surface area contributed by atoms with Crippen LogP contribution < -0.4 is 9.86 Å². The first-order valence-corrected chi connectivity index (χ1v) is 12.7. The lowest BCUT2D eigenvalue weighted by Gasteiger charge is -2.25. The molecule has 35 heavy (non-hydrogen) atoms. The van der Waals surface area contributed by atoms with E-state index in [2.05, 4.69) is 0 Å². The number of sulfonamides is 1. The normalized spacial score (nSPS) is 11.6. The van der Waals surface area contributed by atoms with E-state index in [1.54, 1.807) is 44.6 Å². The molecule has 0 bridgehead atoms. The molecular weight excluding hydrogens is 465 g/mol. The van der Waals surface area contributed by atoms with Crippen molar-refractivity contribution >= 4 is 15.7 Å². The highest BCUT2D eigenvalue weighted by Crippen LogP contribution is 2.31. The molecule has 6 nitrogen and oxygen atoms in total. The summed E-state index contributed by atoms with van der Waals surface area (Å²) in [6, 6.07) is 18.3. The number of hydrogen-bond acceptors (Lipinski definition) is 3. The minimum Gasteiger partial charge on any atom is -0.283 e. The quantitative estimate of drug-likeness (QED) is 0.382. The van der Waals surface area contributed by atoms with Gasteiger partial charge in [0, 0.05) is 7.05 Å². The Labute approximate surface area is 204 Å². The van der Waals surface area contributed by atoms with Crippen molar-refractivity contribution < 1.29 is 12.8 Å². The van der Waals surface area contributed by atoms with Crippen LogP contribution in [0.15, 0.2) is 76.4 Å². The maximum absolute atomic E-state index is 14.2. The Morgan fingerprint density at radius 1 is 0.886 bits per heavy atom. The first kappa shape index (κ1) is 24.5. The van der Waals surface area contributed by atoms with Gasteiger partial charge in [-0.15, -0.1) is 0 Å². The third kappa shape index (κ3) is 4.41. The van der Waals surface area contributed by atoms with Gasteiger partial charge in [-0.2, -0.15) is 0 Å². The largest absolute Gasteiger partial charge is 0.296 e. The highest BCUT2D eigenvalue weighted by molar-refractivity contribution is 7.93. The molecule has 3 aromatic carbocycles. The number of anilines is 1. The lowest BCUT2D eigenvalue weighted by atomic mass is 10.1. The topological polar surface area (TPSA) is 64.3 Å². The molecule has 0 N–H and O–H groups in total. The van der Waals surface area contributed by atoms with E-state index < -0.39 is 21.4 Å². The van der Waals surface area contributed by atoms with Gasteiger partial charge < -0.3 is 0 Å². The molecular formula is C27H28FN3O3S. The molecule has 0 radical (unpaired) electrons. The molecule has 0 spiro atoms. The monoisotopic (exact) mass is 493 g/mol. The van der Waals surface area contributed by atoms with Crippen LogP contribution in [0.1, 0.15) is 27.9 Å². The number of para-hydroxylation sites is 1. The van der Waals surface area contributed by atoms with E-state index in [1.807, 2.05) is 37.3 Å². The van der Waals surface area contributed by atoms with E-state index in [0.717, 1.165) is 9.87 Å². The van der Waals surface area contributed by atoms with Crippen LogP contribution in [0, 0.1) is 33.5 Å². The van der Waals surface area contributed by atoms with Gasteiger partial charge >= 0.3 is 0 Å². The highest BCUT2D eigenvalue weighted by atomic mass is 32.2. The number of hydrogen-bond donors (Lipinski definition) is 0. The Hall–Kier alpha value is -3.65. The zero-order valence-electron chi connectivity index (χ0n) is 20.4. The molecule has 8 heteroatoms. The van der Waals surface area contributed by atoms with E-state index in [0.29, 0.717) is 28.1 Å². The molecule has 0 aliphatic carbocycles. The van der Waals surface area contributed by atoms with Crippen LogP contribution in [0.4, 0.5) is 10.1 Å². The molecule has 0 aliphatic rings. The van der Waals surface area contributed by atoms with Crippen molar-refractivity contribution in [1.29, 1.82) is 0 Å². The summed E-state index contributed by atoms with van der Waals surface area (Å²) in [5.74, 6) is -0.421. The van der Waals surface area contributed by atoms with Crippen molar-refractivity contribution in [2.45, 2.75) is 39.1 Å². The van der Waals surface area contributed by atoms with Crippen LogP contribution in [0.3, 0.4) is 0 Å². The first-order valence-electron chi connectivity index (χ1n) is 11.2. The number of benzene rings is 3. The van der Waals surface area contributed by atoms with Gasteiger partial charge in [-0.25, -0.2) is 17.5 Å². The first-order chi connectivity index (χ1) is 16.5. The fourth-order valence-electron chi connectivity index (χ4n) is 4.57. The van der Waals surface area contributed by atoms with Crippen molar-refractivity contribution in [2.75, 3.05) is 4.31 Å². The van der Waals surface area contributed by atoms with Gasteiger partial charge in [0.25, 0.3) is 15.6 Å². The second-order valence-corrected chi connectivity index (χ2v) is 10.6. The smallest absolute Gasteiger partial charge is 0.283 e. The van der Waals surface area contributed by atoms with E-state index in [4.69, 9.17) is 0 Å². The molecule has 4 rings (SSSR count). The third-order valence-electron chi connectivity index (χ3n) is 6.17. The molecule has 0 saturated carbocycles. The zero-order valence-corrected chi connectivity index (χ0v) is 21.2. The van der Waals surface area contributed by atoms with E-state index in [-0.39, 0.29) is 17.1 Å². The van der Waals surface area contributed by atoms with Crippen LogP contribution in [0.25, 0.3) is 5.69 Å². The van der Waals surface area contributed by atoms with Crippen LogP contribution in [-0.4, -0.2) is 17.8 Å². The zero-order chi connectivity index (χ0) is 25.5. The van der Waals surface area contributed by atoms with Crippen molar-refractivity contribution in [2.24, 2.45) is 7.05 Å². The number of halogens is 1. The standard InChI is InChI=1S/C27H28FN3O3S/c1-18-15-19(2)26(20(3)16-18)35(33,34)30(17-22-11-13-23(28)14-12-22)25-21(4)29(5)31(27(25)32)24-9-7-6-8-10-24/h6-16H,17H2,1-5H3. The lowest BCUT2D eigenvalue weighted by molar-refractivity contribution is 0.588. The molecule has 0 amide bonds. The minimum absolute atomic E-state index is 0.0556. The summed E-state index contributed by atoms with van der Waals surface area (Å²) in [7, 11) is -2.44. The molecule has 1 aromatic heterocycles. The van der Waals surface area contributed by atoms with Gasteiger partial charge in [-0.05, 0) is 68.7 Å². The molecule has 182 valence electrons. The number of aromatic nitrogens is 2. The highest BCUT2D eigenvalue weighted by Gasteiger charge is 2.33. The van der Waals surface area contributed by atoms with Crippen molar-refractivity contribution in [3.8, 4) is 5.69 Å². The summed E-state index contributed by atoms with van der Waals surface area (Å²) in [5, 5.41) is 0. The Morgan fingerprint density at radius 2 is 1.46 bits per heavy atom. The molecule has 0 aliphatic heterocycles. The van der Waals surface area contributed by atoms with Gasteiger partial charge in [-0.1, -0.05) is 48.0 Å². The van der Waals surface area contributed by atoms with Gasteiger partial charge in [-0.3, -0.25) is 13.8 Å². The maximum Gasteiger partial charge on any atom is 0.296 e. The van der Waals surface area contributed by atoms with E-state index >= 15 is 0 Å². The van der Waals surface area contributed by atoms with E-state index in [9.17, 15) is 17.6 Å². The minimum atomic E-state index is -4.16. The fourth-order valence-corrected chi connectivity index (χ4v) is 6.49. The van der Waals surface area contributed by atoms with Crippen LogP contribution in [0.5, 0.6) is 0 Å². The molecule has 0 saturated heterocycles. The summed E-state index contributed by atoms with van der Waals surface area (Å²) in [5.41, 5.74) is 3.43. The Kier molecular flexibility index (Phi) is 6.42. The summed E-state index contributed by atoms with van der Waals surface area (Å²) in [6.07, 6.45) is 0. The van der Waals surface area contributed by atoms with Gasteiger partial charge in [0.1, 0.15) is 11.5 Å². The van der Waals surface area contributed by atoms with E-state index in [1.165, 1.54) is 28.9 Å². The summed E-state index contributed by atoms with van der Waals surface area (Å²) >= 11 is 0. The molecule has 0 fully saturated rings. The van der Waals surface area contributed by atoms with Crippen molar-refractivity contribution in [1.82, 2.24) is 9.36 Å². The molecule has 1 heterocycles. The molecule has 4 aromatic rings. The predicted octanol–water partition coefficient (Wildman–Crippen LogP) is 4.94. The maximum atomic E-state index is 14.2. The second-order valence-electron chi connectivity index (χ2n) is 8.78. The molecule has 0 atom stereocenters. The second kappa shape index (κ2) is 9.19. The van der Waals surface area contributed by atoms with Crippen LogP contribution in [-0.2, 0) is 23.6 Å².